The quantitative estimate of drug-likeness (QED) is 0.0261. The number of carbonyl (C=O) groups is 3. The van der Waals surface area contributed by atoms with Crippen LogP contribution in [-0.4, -0.2) is 37.2 Å². The van der Waals surface area contributed by atoms with Crippen LogP contribution in [0.25, 0.3) is 0 Å². The molecule has 0 aliphatic heterocycles. The van der Waals surface area contributed by atoms with Gasteiger partial charge < -0.3 is 14.2 Å². The topological polar surface area (TPSA) is 78.9 Å². The molecule has 0 aromatic heterocycles. The Morgan fingerprint density at radius 3 is 0.803 bits per heavy atom. The van der Waals surface area contributed by atoms with E-state index in [1.165, 1.54) is 173 Å². The predicted octanol–water partition coefficient (Wildman–Crippen LogP) is 22.3. The van der Waals surface area contributed by atoms with E-state index in [0.717, 1.165) is 109 Å². The first-order valence-electron chi connectivity index (χ1n) is 32.6. The molecular weight excluding hydrogens is 937 g/mol. The van der Waals surface area contributed by atoms with Gasteiger partial charge in [-0.25, -0.2) is 0 Å². The fraction of sp³-hybridized carbons (Fsp3) is 0.757. The highest BCUT2D eigenvalue weighted by atomic mass is 16.6. The van der Waals surface area contributed by atoms with Crippen molar-refractivity contribution in [1.82, 2.24) is 0 Å². The molecule has 0 aliphatic rings. The lowest BCUT2D eigenvalue weighted by atomic mass is 10.0. The molecule has 0 aliphatic carbocycles. The molecular formula is C70H122O6. The summed E-state index contributed by atoms with van der Waals surface area (Å²) < 4.78 is 16.9. The molecule has 0 radical (unpaired) electrons. The highest BCUT2D eigenvalue weighted by Crippen LogP contribution is 2.17. The van der Waals surface area contributed by atoms with Gasteiger partial charge in [0, 0.05) is 19.3 Å². The van der Waals surface area contributed by atoms with Gasteiger partial charge in [0.1, 0.15) is 13.2 Å². The first-order chi connectivity index (χ1) is 37.5. The Morgan fingerprint density at radius 1 is 0.276 bits per heavy atom. The molecule has 438 valence electrons. The molecule has 0 amide bonds. The van der Waals surface area contributed by atoms with Gasteiger partial charge >= 0.3 is 17.9 Å². The monoisotopic (exact) mass is 1060 g/mol. The van der Waals surface area contributed by atoms with Crippen molar-refractivity contribution in [3.05, 3.63) is 85.1 Å². The normalized spacial score (nSPS) is 12.6. The van der Waals surface area contributed by atoms with E-state index in [2.05, 4.69) is 106 Å². The van der Waals surface area contributed by atoms with Gasteiger partial charge in [0.2, 0.25) is 0 Å². The molecule has 0 bridgehead atoms. The third-order valence-electron chi connectivity index (χ3n) is 14.1. The van der Waals surface area contributed by atoms with E-state index in [1.807, 2.05) is 0 Å². The zero-order valence-electron chi connectivity index (χ0n) is 50.3. The average Bonchev–Trinajstić information content (AvgIpc) is 3.42. The van der Waals surface area contributed by atoms with Crippen molar-refractivity contribution < 1.29 is 28.6 Å². The Labute approximate surface area is 471 Å². The second kappa shape index (κ2) is 64.1. The van der Waals surface area contributed by atoms with E-state index in [-0.39, 0.29) is 31.1 Å². The Bertz CT molecular complexity index is 1450. The first-order valence-corrected chi connectivity index (χ1v) is 32.6. The van der Waals surface area contributed by atoms with Crippen molar-refractivity contribution in [3.8, 4) is 0 Å². The molecule has 0 rings (SSSR count). The molecule has 0 saturated heterocycles. The average molecular weight is 1060 g/mol. The molecule has 1 atom stereocenters. The summed E-state index contributed by atoms with van der Waals surface area (Å²) in [7, 11) is 0. The highest BCUT2D eigenvalue weighted by Gasteiger charge is 2.19. The number of allylic oxidation sites excluding steroid dienone is 14. The van der Waals surface area contributed by atoms with Gasteiger partial charge in [-0.1, -0.05) is 292 Å². The SMILES string of the molecule is CC/C=C\C/C=C\C/C=C\C/C=C\CCCCCCC(=O)OC(COC(=O)CCCCCCCCCCCC)COC(=O)CCCCCCCCCCCCCCCCCC/C=C\C/C=C\C/C=C\CCCCCCC. The molecule has 0 N–H and O–H groups in total. The van der Waals surface area contributed by atoms with Gasteiger partial charge in [0.15, 0.2) is 6.10 Å². The minimum Gasteiger partial charge on any atom is -0.462 e. The summed E-state index contributed by atoms with van der Waals surface area (Å²) in [6, 6.07) is 0. The van der Waals surface area contributed by atoms with Crippen LogP contribution >= 0.6 is 0 Å². The number of hydrogen-bond donors (Lipinski definition) is 0. The van der Waals surface area contributed by atoms with Crippen molar-refractivity contribution in [1.29, 1.82) is 0 Å². The summed E-state index contributed by atoms with van der Waals surface area (Å²) in [5.74, 6) is -0.897. The van der Waals surface area contributed by atoms with E-state index in [0.29, 0.717) is 19.3 Å². The van der Waals surface area contributed by atoms with Crippen LogP contribution in [0.2, 0.25) is 0 Å². The molecule has 0 aromatic carbocycles. The summed E-state index contributed by atoms with van der Waals surface area (Å²) >= 11 is 0. The molecule has 6 nitrogen and oxygen atoms in total. The molecule has 1 unspecified atom stereocenters. The van der Waals surface area contributed by atoms with Crippen LogP contribution in [0.1, 0.15) is 323 Å². The number of unbranched alkanes of at least 4 members (excludes halogenated alkanes) is 34. The van der Waals surface area contributed by atoms with Gasteiger partial charge in [-0.2, -0.15) is 0 Å². The third-order valence-corrected chi connectivity index (χ3v) is 14.1. The number of ether oxygens (including phenoxy) is 3. The summed E-state index contributed by atoms with van der Waals surface area (Å²) in [6.07, 6.45) is 84.7. The van der Waals surface area contributed by atoms with Crippen molar-refractivity contribution in [2.45, 2.75) is 329 Å². The van der Waals surface area contributed by atoms with Crippen molar-refractivity contribution in [2.24, 2.45) is 0 Å². The number of carbonyl (C=O) groups excluding carboxylic acids is 3. The maximum absolute atomic E-state index is 12.9. The van der Waals surface area contributed by atoms with Crippen LogP contribution in [0.5, 0.6) is 0 Å². The molecule has 0 spiro atoms. The van der Waals surface area contributed by atoms with Crippen LogP contribution in [0.3, 0.4) is 0 Å². The zero-order chi connectivity index (χ0) is 55.0. The predicted molar refractivity (Wildman–Crippen MR) is 330 cm³/mol. The summed E-state index contributed by atoms with van der Waals surface area (Å²) in [5, 5.41) is 0. The van der Waals surface area contributed by atoms with Crippen molar-refractivity contribution in [3.63, 3.8) is 0 Å². The second-order valence-electron chi connectivity index (χ2n) is 21.6. The zero-order valence-corrected chi connectivity index (χ0v) is 50.3. The standard InChI is InChI=1S/C70H122O6/c1-4-7-10-13-16-19-22-24-26-28-29-30-31-32-33-34-35-36-37-38-39-40-41-43-44-46-48-51-54-57-60-63-69(72)75-66-67(65-74-68(71)62-59-56-53-50-21-18-15-12-9-6-3)76-70(73)64-61-58-55-52-49-47-45-42-27-25-23-20-17-14-11-8-5-2/h8,11,17,20,22,24-25,27-29,31-32,45,47,67H,4-7,9-10,12-16,18-19,21,23,26,30,33-44,46,48-66H2,1-3H3/b11-8-,20-17-,24-22-,27-25-,29-28-,32-31-,47-45-. The number of rotatable bonds is 59. The Morgan fingerprint density at radius 2 is 0.513 bits per heavy atom. The molecule has 0 saturated carbocycles. The van der Waals surface area contributed by atoms with Crippen LogP contribution < -0.4 is 0 Å². The summed E-state index contributed by atoms with van der Waals surface area (Å²) in [4.78, 5) is 38.2. The molecule has 0 heterocycles. The van der Waals surface area contributed by atoms with Crippen molar-refractivity contribution >= 4 is 17.9 Å². The number of esters is 3. The van der Waals surface area contributed by atoms with Crippen LogP contribution in [0.15, 0.2) is 85.1 Å². The Balaban J connectivity index is 4.16. The summed E-state index contributed by atoms with van der Waals surface area (Å²) in [6.45, 7) is 6.51. The van der Waals surface area contributed by atoms with Crippen LogP contribution in [0.4, 0.5) is 0 Å². The Hall–Kier alpha value is -3.41. The summed E-state index contributed by atoms with van der Waals surface area (Å²) in [5.41, 5.74) is 0. The fourth-order valence-corrected chi connectivity index (χ4v) is 9.27. The lowest BCUT2D eigenvalue weighted by Gasteiger charge is -2.18. The molecule has 6 heteroatoms. The third kappa shape index (κ3) is 61.4. The van der Waals surface area contributed by atoms with Crippen LogP contribution in [-0.2, 0) is 28.6 Å². The molecule has 0 fully saturated rings. The lowest BCUT2D eigenvalue weighted by molar-refractivity contribution is -0.167. The number of hydrogen-bond acceptors (Lipinski definition) is 6. The largest absolute Gasteiger partial charge is 0.462 e. The van der Waals surface area contributed by atoms with E-state index in [4.69, 9.17) is 14.2 Å². The van der Waals surface area contributed by atoms with Gasteiger partial charge in [0.25, 0.3) is 0 Å². The minimum absolute atomic E-state index is 0.0833. The highest BCUT2D eigenvalue weighted by molar-refractivity contribution is 5.71. The molecule has 76 heavy (non-hydrogen) atoms. The molecule has 0 aromatic rings. The lowest BCUT2D eigenvalue weighted by Crippen LogP contribution is -2.30. The van der Waals surface area contributed by atoms with E-state index >= 15 is 0 Å². The maximum atomic E-state index is 12.9. The second-order valence-corrected chi connectivity index (χ2v) is 21.6. The fourth-order valence-electron chi connectivity index (χ4n) is 9.27. The van der Waals surface area contributed by atoms with Gasteiger partial charge in [-0.3, -0.25) is 14.4 Å². The van der Waals surface area contributed by atoms with Gasteiger partial charge in [-0.15, -0.1) is 0 Å². The smallest absolute Gasteiger partial charge is 0.306 e. The maximum Gasteiger partial charge on any atom is 0.306 e. The first kappa shape index (κ1) is 72.6. The minimum atomic E-state index is -0.787. The van der Waals surface area contributed by atoms with Crippen molar-refractivity contribution in [2.75, 3.05) is 13.2 Å². The van der Waals surface area contributed by atoms with Gasteiger partial charge in [-0.05, 0) is 96.3 Å². The van der Waals surface area contributed by atoms with E-state index in [9.17, 15) is 14.4 Å². The van der Waals surface area contributed by atoms with Crippen LogP contribution in [0, 0.1) is 0 Å². The van der Waals surface area contributed by atoms with E-state index < -0.39 is 6.10 Å². The van der Waals surface area contributed by atoms with Gasteiger partial charge in [0.05, 0.1) is 0 Å². The van der Waals surface area contributed by atoms with E-state index in [1.54, 1.807) is 0 Å². The Kier molecular flexibility index (Phi) is 61.2.